The Labute approximate surface area is 119 Å². The van der Waals surface area contributed by atoms with Crippen LogP contribution in [0.4, 0.5) is 11.5 Å². The number of benzene rings is 1. The van der Waals surface area contributed by atoms with Crippen molar-refractivity contribution in [2.45, 2.75) is 6.42 Å². The third-order valence-corrected chi connectivity index (χ3v) is 2.47. The number of aromatic nitrogens is 2. The van der Waals surface area contributed by atoms with Crippen LogP contribution in [0.3, 0.4) is 0 Å². The summed E-state index contributed by atoms with van der Waals surface area (Å²) in [5.41, 5.74) is 10.7. The summed E-state index contributed by atoms with van der Waals surface area (Å²) < 4.78 is 9.75. The van der Waals surface area contributed by atoms with Crippen molar-refractivity contribution in [3.63, 3.8) is 0 Å². The van der Waals surface area contributed by atoms with Crippen LogP contribution in [0, 0.1) is 0 Å². The number of amides is 2. The number of carbonyl (C=O) groups excluding carboxylic acids is 2. The van der Waals surface area contributed by atoms with Crippen LogP contribution in [0.5, 0.6) is 5.75 Å². The normalized spacial score (nSPS) is 10.1. The maximum atomic E-state index is 11.9. The van der Waals surface area contributed by atoms with E-state index in [0.29, 0.717) is 11.4 Å². The van der Waals surface area contributed by atoms with Gasteiger partial charge in [-0.05, 0) is 22.4 Å². The van der Waals surface area contributed by atoms with E-state index in [1.807, 2.05) is 0 Å². The van der Waals surface area contributed by atoms with E-state index < -0.39 is 11.8 Å². The first-order chi connectivity index (χ1) is 10.1. The number of nitrogen functional groups attached to an aromatic ring is 1. The fourth-order valence-corrected chi connectivity index (χ4v) is 1.49. The first-order valence-electron chi connectivity index (χ1n) is 5.97. The van der Waals surface area contributed by atoms with Gasteiger partial charge in [0.25, 0.3) is 5.91 Å². The van der Waals surface area contributed by atoms with Gasteiger partial charge in [-0.25, -0.2) is 4.63 Å². The topological polar surface area (TPSA) is 146 Å². The summed E-state index contributed by atoms with van der Waals surface area (Å²) in [7, 11) is 0. The zero-order chi connectivity index (χ0) is 15.2. The highest BCUT2D eigenvalue weighted by Gasteiger charge is 2.17. The minimum atomic E-state index is -0.584. The number of ether oxygens (including phenoxy) is 1. The number of nitrogens with one attached hydrogen (secondary N) is 1. The molecule has 0 unspecified atom stereocenters. The van der Waals surface area contributed by atoms with Gasteiger partial charge in [0.15, 0.2) is 0 Å². The molecule has 1 heterocycles. The van der Waals surface area contributed by atoms with Gasteiger partial charge in [0.1, 0.15) is 5.75 Å². The molecule has 0 aliphatic heterocycles. The van der Waals surface area contributed by atoms with Crippen LogP contribution >= 0.6 is 0 Å². The molecule has 0 saturated heterocycles. The van der Waals surface area contributed by atoms with Gasteiger partial charge in [-0.15, -0.1) is 0 Å². The Bertz CT molecular complexity index is 655. The number of anilines is 2. The second-order valence-electron chi connectivity index (χ2n) is 4.01. The van der Waals surface area contributed by atoms with Crippen molar-refractivity contribution in [2.24, 2.45) is 5.73 Å². The number of primary amides is 1. The van der Waals surface area contributed by atoms with Crippen molar-refractivity contribution in [3.8, 4) is 5.75 Å². The number of hydrogen-bond donors (Lipinski definition) is 3. The number of hydrogen-bond acceptors (Lipinski definition) is 7. The molecule has 0 fully saturated rings. The summed E-state index contributed by atoms with van der Waals surface area (Å²) in [6, 6.07) is 6.70. The number of carbonyl (C=O) groups is 2. The van der Waals surface area contributed by atoms with Crippen LogP contribution in [0.1, 0.15) is 16.9 Å². The Morgan fingerprint density at radius 3 is 2.71 bits per heavy atom. The lowest BCUT2D eigenvalue weighted by Gasteiger charge is -2.11. The molecule has 0 aliphatic rings. The molecule has 2 amide bonds. The van der Waals surface area contributed by atoms with Crippen molar-refractivity contribution in [2.75, 3.05) is 17.7 Å². The van der Waals surface area contributed by atoms with E-state index in [2.05, 4.69) is 20.3 Å². The third kappa shape index (κ3) is 3.69. The molecule has 2 aromatic rings. The average Bonchev–Trinajstić information content (AvgIpc) is 2.86. The van der Waals surface area contributed by atoms with Gasteiger partial charge in [0, 0.05) is 0 Å². The molecule has 1 aromatic carbocycles. The fraction of sp³-hybridized carbons (Fsp3) is 0.167. The standard InChI is InChI=1S/C12H13N5O4/c13-9(18)5-6-20-8-4-2-1-3-7(8)15-12(19)10-11(14)17-21-16-10/h1-4H,5-6H2,(H2,13,18)(H2,14,17)(H,15,19). The maximum absolute atomic E-state index is 11.9. The molecule has 9 nitrogen and oxygen atoms in total. The second-order valence-corrected chi connectivity index (χ2v) is 4.01. The summed E-state index contributed by atoms with van der Waals surface area (Å²) in [6.45, 7) is 0.107. The Kier molecular flexibility index (Phi) is 4.34. The van der Waals surface area contributed by atoms with Gasteiger partial charge in [-0.3, -0.25) is 9.59 Å². The van der Waals surface area contributed by atoms with E-state index >= 15 is 0 Å². The molecule has 2 rings (SSSR count). The molecule has 110 valence electrons. The molecular formula is C12H13N5O4. The first kappa shape index (κ1) is 14.3. The summed E-state index contributed by atoms with van der Waals surface area (Å²) >= 11 is 0. The van der Waals surface area contributed by atoms with Crippen molar-refractivity contribution < 1.29 is 19.0 Å². The first-order valence-corrected chi connectivity index (χ1v) is 5.97. The molecule has 0 spiro atoms. The number of para-hydroxylation sites is 2. The molecule has 1 aromatic heterocycles. The minimum Gasteiger partial charge on any atom is -0.491 e. The lowest BCUT2D eigenvalue weighted by Crippen LogP contribution is -2.17. The Morgan fingerprint density at radius 2 is 2.05 bits per heavy atom. The van der Waals surface area contributed by atoms with Gasteiger partial charge < -0.3 is 21.5 Å². The largest absolute Gasteiger partial charge is 0.491 e. The van der Waals surface area contributed by atoms with Crippen LogP contribution in [0.15, 0.2) is 28.9 Å². The van der Waals surface area contributed by atoms with Crippen molar-refractivity contribution in [3.05, 3.63) is 30.0 Å². The van der Waals surface area contributed by atoms with Crippen molar-refractivity contribution in [1.29, 1.82) is 0 Å². The van der Waals surface area contributed by atoms with Crippen LogP contribution in [-0.4, -0.2) is 28.7 Å². The predicted octanol–water partition coefficient (Wildman–Crippen LogP) is 0.158. The lowest BCUT2D eigenvalue weighted by molar-refractivity contribution is -0.118. The van der Waals surface area contributed by atoms with Gasteiger partial charge in [-0.1, -0.05) is 12.1 Å². The molecule has 0 saturated carbocycles. The summed E-state index contributed by atoms with van der Waals surface area (Å²) in [5.74, 6) is -0.778. The van der Waals surface area contributed by atoms with E-state index in [9.17, 15) is 9.59 Å². The molecule has 0 radical (unpaired) electrons. The number of rotatable bonds is 6. The molecular weight excluding hydrogens is 278 g/mol. The monoisotopic (exact) mass is 291 g/mol. The number of nitrogens with zero attached hydrogens (tertiary/aromatic N) is 2. The second kappa shape index (κ2) is 6.37. The van der Waals surface area contributed by atoms with E-state index in [4.69, 9.17) is 16.2 Å². The molecule has 0 aliphatic carbocycles. The van der Waals surface area contributed by atoms with Gasteiger partial charge in [0.2, 0.25) is 17.4 Å². The zero-order valence-electron chi connectivity index (χ0n) is 10.9. The van der Waals surface area contributed by atoms with Gasteiger partial charge >= 0.3 is 0 Å². The average molecular weight is 291 g/mol. The quantitative estimate of drug-likeness (QED) is 0.686. The zero-order valence-corrected chi connectivity index (χ0v) is 10.9. The van der Waals surface area contributed by atoms with E-state index in [0.717, 1.165) is 0 Å². The molecule has 21 heavy (non-hydrogen) atoms. The molecule has 9 heteroatoms. The van der Waals surface area contributed by atoms with Gasteiger partial charge in [0.05, 0.1) is 18.7 Å². The highest BCUT2D eigenvalue weighted by molar-refractivity contribution is 6.06. The smallest absolute Gasteiger partial charge is 0.281 e. The van der Waals surface area contributed by atoms with E-state index in [-0.39, 0.29) is 24.5 Å². The fourth-order valence-electron chi connectivity index (χ4n) is 1.49. The summed E-state index contributed by atoms with van der Waals surface area (Å²) in [5, 5.41) is 9.29. The van der Waals surface area contributed by atoms with E-state index in [1.54, 1.807) is 24.3 Å². The maximum Gasteiger partial charge on any atom is 0.281 e. The van der Waals surface area contributed by atoms with Crippen molar-refractivity contribution >= 4 is 23.3 Å². The van der Waals surface area contributed by atoms with Crippen LogP contribution in [-0.2, 0) is 4.79 Å². The van der Waals surface area contributed by atoms with Crippen LogP contribution in [0.25, 0.3) is 0 Å². The highest BCUT2D eigenvalue weighted by Crippen LogP contribution is 2.24. The van der Waals surface area contributed by atoms with E-state index in [1.165, 1.54) is 0 Å². The van der Waals surface area contributed by atoms with Crippen LogP contribution < -0.4 is 21.5 Å². The van der Waals surface area contributed by atoms with Crippen molar-refractivity contribution in [1.82, 2.24) is 10.3 Å². The summed E-state index contributed by atoms with van der Waals surface area (Å²) in [6.07, 6.45) is 0.0719. The summed E-state index contributed by atoms with van der Waals surface area (Å²) in [4.78, 5) is 22.6. The third-order valence-electron chi connectivity index (χ3n) is 2.47. The highest BCUT2D eigenvalue weighted by atomic mass is 16.6. The van der Waals surface area contributed by atoms with Crippen LogP contribution in [0.2, 0.25) is 0 Å². The molecule has 0 atom stereocenters. The SMILES string of the molecule is NC(=O)CCOc1ccccc1NC(=O)c1nonc1N. The molecule has 0 bridgehead atoms. The lowest BCUT2D eigenvalue weighted by atomic mass is 10.2. The Morgan fingerprint density at radius 1 is 1.29 bits per heavy atom. The Hall–Kier alpha value is -3.10. The predicted molar refractivity (Wildman–Crippen MR) is 72.4 cm³/mol. The van der Waals surface area contributed by atoms with Gasteiger partial charge in [-0.2, -0.15) is 0 Å². The minimum absolute atomic E-state index is 0.0719. The molecule has 5 N–H and O–H groups in total. The number of nitrogens with two attached hydrogens (primary N) is 2. The Balaban J connectivity index is 2.07.